The van der Waals surface area contributed by atoms with E-state index < -0.39 is 5.41 Å². The van der Waals surface area contributed by atoms with Crippen LogP contribution in [0.2, 0.25) is 0 Å². The Morgan fingerprint density at radius 1 is 1.07 bits per heavy atom. The molecule has 0 saturated heterocycles. The van der Waals surface area contributed by atoms with E-state index in [-0.39, 0.29) is 35.1 Å². The lowest BCUT2D eigenvalue weighted by atomic mass is 9.52. The minimum atomic E-state index is -0.472. The van der Waals surface area contributed by atoms with Gasteiger partial charge >= 0.3 is 5.97 Å². The van der Waals surface area contributed by atoms with E-state index in [4.69, 9.17) is 9.47 Å². The Morgan fingerprint density at radius 3 is 2.11 bits per heavy atom. The number of ether oxygens (including phenoxy) is 2. The average molecular weight is 381 g/mol. The average Bonchev–Trinajstić information content (AvgIpc) is 2.49. The maximum absolute atomic E-state index is 13.5. The van der Waals surface area contributed by atoms with E-state index in [0.717, 1.165) is 38.5 Å². The lowest BCUT2D eigenvalue weighted by molar-refractivity contribution is -0.241. The zero-order valence-corrected chi connectivity index (χ0v) is 18.3. The molecule has 0 amide bonds. The Kier molecular flexibility index (Phi) is 5.49. The van der Waals surface area contributed by atoms with Gasteiger partial charge in [-0.1, -0.05) is 34.6 Å². The van der Waals surface area contributed by atoms with Crippen LogP contribution in [0.1, 0.15) is 86.5 Å². The molecule has 4 bridgehead atoms. The molecule has 4 saturated carbocycles. The molecule has 4 heteroatoms. The molecular formula is C23H40O4. The maximum atomic E-state index is 13.5. The van der Waals surface area contributed by atoms with Gasteiger partial charge in [0.05, 0.1) is 24.2 Å². The lowest BCUT2D eigenvalue weighted by Crippen LogP contribution is -2.62. The largest absolute Gasteiger partial charge is 0.459 e. The predicted octanol–water partition coefficient (Wildman–Crippen LogP) is 4.73. The highest BCUT2D eigenvalue weighted by atomic mass is 16.6. The van der Waals surface area contributed by atoms with Gasteiger partial charge in [0.15, 0.2) is 0 Å². The second kappa shape index (κ2) is 7.02. The molecule has 4 fully saturated rings. The van der Waals surface area contributed by atoms with E-state index in [1.807, 2.05) is 0 Å². The molecule has 4 aliphatic rings. The standard InChI is InChI=1S/C23H40O4/c1-16(2)21(6,14-20(3,4)5)19(25)27-23-12-17-9-18(13-23)11-22(10-17,15-23)26-8-7-24/h16-18,24H,7-15H2,1-6H3. The molecule has 0 aromatic heterocycles. The van der Waals surface area contributed by atoms with Gasteiger partial charge < -0.3 is 14.6 Å². The van der Waals surface area contributed by atoms with Crippen LogP contribution in [0.15, 0.2) is 0 Å². The third-order valence-corrected chi connectivity index (χ3v) is 7.40. The summed E-state index contributed by atoms with van der Waals surface area (Å²) in [6, 6.07) is 0. The smallest absolute Gasteiger partial charge is 0.312 e. The second-order valence-corrected chi connectivity index (χ2v) is 11.6. The summed E-state index contributed by atoms with van der Waals surface area (Å²) in [4.78, 5) is 13.5. The molecule has 4 rings (SSSR count). The van der Waals surface area contributed by atoms with Crippen molar-refractivity contribution in [2.45, 2.75) is 97.7 Å². The van der Waals surface area contributed by atoms with Crippen molar-refractivity contribution in [1.29, 1.82) is 0 Å². The number of aliphatic hydroxyl groups is 1. The van der Waals surface area contributed by atoms with Gasteiger partial charge in [0.1, 0.15) is 5.60 Å². The van der Waals surface area contributed by atoms with Crippen LogP contribution in [-0.2, 0) is 14.3 Å². The van der Waals surface area contributed by atoms with Crippen molar-refractivity contribution in [1.82, 2.24) is 0 Å². The highest BCUT2D eigenvalue weighted by Crippen LogP contribution is 2.60. The molecule has 156 valence electrons. The lowest BCUT2D eigenvalue weighted by Gasteiger charge is -2.61. The zero-order chi connectivity index (χ0) is 20.1. The van der Waals surface area contributed by atoms with Crippen LogP contribution in [0.5, 0.6) is 0 Å². The number of rotatable bonds is 7. The molecular weight excluding hydrogens is 340 g/mol. The molecule has 0 spiro atoms. The summed E-state index contributed by atoms with van der Waals surface area (Å²) in [5, 5.41) is 9.24. The van der Waals surface area contributed by atoms with Crippen LogP contribution in [0.4, 0.5) is 0 Å². The molecule has 0 radical (unpaired) electrons. The minimum Gasteiger partial charge on any atom is -0.459 e. The van der Waals surface area contributed by atoms with Crippen molar-refractivity contribution in [2.75, 3.05) is 13.2 Å². The number of carbonyl (C=O) groups is 1. The van der Waals surface area contributed by atoms with Gasteiger partial charge in [0, 0.05) is 6.42 Å². The molecule has 0 aromatic carbocycles. The van der Waals surface area contributed by atoms with E-state index in [1.165, 1.54) is 6.42 Å². The molecule has 27 heavy (non-hydrogen) atoms. The quantitative estimate of drug-likeness (QED) is 0.649. The molecule has 1 N–H and O–H groups in total. The van der Waals surface area contributed by atoms with Crippen LogP contribution in [0.3, 0.4) is 0 Å². The van der Waals surface area contributed by atoms with E-state index in [9.17, 15) is 9.90 Å². The van der Waals surface area contributed by atoms with Crippen LogP contribution >= 0.6 is 0 Å². The second-order valence-electron chi connectivity index (χ2n) is 11.6. The Balaban J connectivity index is 1.80. The first-order valence-electron chi connectivity index (χ1n) is 10.9. The van der Waals surface area contributed by atoms with Crippen LogP contribution in [0, 0.1) is 28.6 Å². The molecule has 4 nitrogen and oxygen atoms in total. The van der Waals surface area contributed by atoms with Gasteiger partial charge in [-0.3, -0.25) is 4.79 Å². The number of esters is 1. The van der Waals surface area contributed by atoms with Crippen LogP contribution < -0.4 is 0 Å². The normalized spacial score (nSPS) is 37.5. The van der Waals surface area contributed by atoms with Crippen molar-refractivity contribution in [3.63, 3.8) is 0 Å². The van der Waals surface area contributed by atoms with Gasteiger partial charge in [-0.2, -0.15) is 0 Å². The first-order valence-corrected chi connectivity index (χ1v) is 10.9. The topological polar surface area (TPSA) is 55.8 Å². The summed E-state index contributed by atoms with van der Waals surface area (Å²) < 4.78 is 12.6. The Bertz CT molecular complexity index is 547. The minimum absolute atomic E-state index is 0.0216. The van der Waals surface area contributed by atoms with E-state index in [1.54, 1.807) is 0 Å². The first-order chi connectivity index (χ1) is 12.4. The molecule has 0 heterocycles. The van der Waals surface area contributed by atoms with Gasteiger partial charge in [0.25, 0.3) is 0 Å². The predicted molar refractivity (Wildman–Crippen MR) is 106 cm³/mol. The summed E-state index contributed by atoms with van der Waals surface area (Å²) in [6.45, 7) is 13.4. The van der Waals surface area contributed by atoms with Crippen LogP contribution in [-0.4, -0.2) is 35.5 Å². The SMILES string of the molecule is CC(C)C(C)(CC(C)(C)C)C(=O)OC12CC3CC(CC(OCCO)(C3)C1)C2. The van der Waals surface area contributed by atoms with Gasteiger partial charge in [0.2, 0.25) is 0 Å². The Morgan fingerprint density at radius 2 is 1.63 bits per heavy atom. The fraction of sp³-hybridized carbons (Fsp3) is 0.957. The molecule has 3 unspecified atom stereocenters. The summed E-state index contributed by atoms with van der Waals surface area (Å²) in [5.41, 5.74) is -0.943. The van der Waals surface area contributed by atoms with Crippen molar-refractivity contribution < 1.29 is 19.4 Å². The number of hydrogen-bond donors (Lipinski definition) is 1. The van der Waals surface area contributed by atoms with Crippen molar-refractivity contribution >= 4 is 5.97 Å². The summed E-state index contributed by atoms with van der Waals surface area (Å²) in [6.07, 6.45) is 6.98. The van der Waals surface area contributed by atoms with E-state index >= 15 is 0 Å². The Labute approximate surface area is 165 Å². The van der Waals surface area contributed by atoms with Crippen molar-refractivity contribution in [3.8, 4) is 0 Å². The molecule has 0 aliphatic heterocycles. The summed E-state index contributed by atoms with van der Waals surface area (Å²) in [7, 11) is 0. The fourth-order valence-corrected chi connectivity index (χ4v) is 6.57. The molecule has 3 atom stereocenters. The highest BCUT2D eigenvalue weighted by Gasteiger charge is 2.61. The number of hydrogen-bond acceptors (Lipinski definition) is 4. The fourth-order valence-electron chi connectivity index (χ4n) is 6.57. The number of carbonyl (C=O) groups excluding carboxylic acids is 1. The van der Waals surface area contributed by atoms with Gasteiger partial charge in [-0.15, -0.1) is 0 Å². The summed E-state index contributed by atoms with van der Waals surface area (Å²) >= 11 is 0. The van der Waals surface area contributed by atoms with Crippen LogP contribution in [0.25, 0.3) is 0 Å². The van der Waals surface area contributed by atoms with E-state index in [0.29, 0.717) is 18.4 Å². The zero-order valence-electron chi connectivity index (χ0n) is 18.3. The van der Waals surface area contributed by atoms with E-state index in [2.05, 4.69) is 41.5 Å². The monoisotopic (exact) mass is 380 g/mol. The van der Waals surface area contributed by atoms with Gasteiger partial charge in [-0.05, 0) is 68.6 Å². The van der Waals surface area contributed by atoms with Gasteiger partial charge in [-0.25, -0.2) is 0 Å². The highest BCUT2D eigenvalue weighted by molar-refractivity contribution is 5.77. The summed E-state index contributed by atoms with van der Waals surface area (Å²) in [5.74, 6) is 1.39. The maximum Gasteiger partial charge on any atom is 0.312 e. The molecule has 0 aromatic rings. The number of aliphatic hydroxyl groups excluding tert-OH is 1. The first kappa shape index (κ1) is 21.1. The molecule has 4 aliphatic carbocycles. The van der Waals surface area contributed by atoms with Crippen molar-refractivity contribution in [2.24, 2.45) is 28.6 Å². The third kappa shape index (κ3) is 4.22. The van der Waals surface area contributed by atoms with Crippen molar-refractivity contribution in [3.05, 3.63) is 0 Å². The Hall–Kier alpha value is -0.610. The third-order valence-electron chi connectivity index (χ3n) is 7.40.